The molecule has 2 aliphatic heterocycles. The van der Waals surface area contributed by atoms with Gasteiger partial charge in [0, 0.05) is 25.0 Å². The smallest absolute Gasteiger partial charge is 0.268 e. The fraction of sp³-hybridized carbons (Fsp3) is 0.333. The number of hydrogen-bond donors (Lipinski definition) is 3. The Kier molecular flexibility index (Phi) is 6.42. The van der Waals surface area contributed by atoms with Gasteiger partial charge in [0.25, 0.3) is 5.91 Å². The third-order valence-corrected chi connectivity index (χ3v) is 6.93. The van der Waals surface area contributed by atoms with Crippen LogP contribution in [0.3, 0.4) is 0 Å². The summed E-state index contributed by atoms with van der Waals surface area (Å²) in [4.78, 5) is 31.2. The van der Waals surface area contributed by atoms with E-state index >= 15 is 0 Å². The monoisotopic (exact) mass is 499 g/mol. The molecule has 1 aromatic carbocycles. The van der Waals surface area contributed by atoms with Gasteiger partial charge < -0.3 is 30.4 Å². The summed E-state index contributed by atoms with van der Waals surface area (Å²) in [6, 6.07) is 11.8. The minimum Gasteiger partial charge on any atom is -0.490 e. The van der Waals surface area contributed by atoms with Gasteiger partial charge in [-0.3, -0.25) is 9.78 Å². The number of morpholine rings is 1. The van der Waals surface area contributed by atoms with Crippen LogP contribution in [0.1, 0.15) is 23.3 Å². The minimum atomic E-state index is -0.584. The van der Waals surface area contributed by atoms with E-state index in [-0.39, 0.29) is 11.8 Å². The van der Waals surface area contributed by atoms with Crippen LogP contribution in [0.4, 0.5) is 5.82 Å². The molecular weight excluding hydrogens is 470 g/mol. The molecule has 1 amide bonds. The number of nitrogens with two attached hydrogens (primary N) is 1. The second-order valence-corrected chi connectivity index (χ2v) is 9.28. The van der Waals surface area contributed by atoms with Crippen molar-refractivity contribution in [2.45, 2.75) is 18.9 Å². The number of fused-ring (bicyclic) bond motifs is 1. The Labute approximate surface area is 214 Å². The molecule has 0 aliphatic carbocycles. The lowest BCUT2D eigenvalue weighted by atomic mass is 9.99. The number of nitrogens with one attached hydrogen (secondary N) is 2. The van der Waals surface area contributed by atoms with E-state index in [0.717, 1.165) is 72.7 Å². The number of anilines is 1. The average Bonchev–Trinajstić information content (AvgIpc) is 3.39. The second-order valence-electron chi connectivity index (χ2n) is 9.28. The second kappa shape index (κ2) is 10.2. The summed E-state index contributed by atoms with van der Waals surface area (Å²) in [5.74, 6) is 0.952. The zero-order valence-corrected chi connectivity index (χ0v) is 20.4. The van der Waals surface area contributed by atoms with Crippen molar-refractivity contribution in [2.24, 2.45) is 5.73 Å². The van der Waals surface area contributed by atoms with Crippen molar-refractivity contribution in [1.29, 1.82) is 0 Å². The number of rotatable bonds is 6. The highest BCUT2D eigenvalue weighted by atomic mass is 16.5. The van der Waals surface area contributed by atoms with Gasteiger partial charge in [0.2, 0.25) is 0 Å². The molecule has 10 nitrogen and oxygen atoms in total. The molecule has 0 bridgehead atoms. The van der Waals surface area contributed by atoms with Crippen LogP contribution in [-0.2, 0) is 4.74 Å². The van der Waals surface area contributed by atoms with Crippen molar-refractivity contribution in [2.75, 3.05) is 44.3 Å². The van der Waals surface area contributed by atoms with Crippen LogP contribution in [0, 0.1) is 0 Å². The standard InChI is InChI=1S/C27H29N7O3/c28-25(35)24-23(22(7-10-30-24)37-19-5-8-29-9-6-19)18-3-1-17(2-4-18)21-15-20-26(33-21)31-16-32-27(20)34-11-13-36-14-12-34/h1-4,7,10,15-16,19,29H,5-6,8-9,11-14H2,(H2,28,35)(H,31,32,33). The van der Waals surface area contributed by atoms with Gasteiger partial charge in [0.05, 0.1) is 24.2 Å². The molecule has 0 radical (unpaired) electrons. The highest BCUT2D eigenvalue weighted by molar-refractivity contribution is 5.99. The lowest BCUT2D eigenvalue weighted by Gasteiger charge is -2.27. The predicted molar refractivity (Wildman–Crippen MR) is 141 cm³/mol. The molecule has 37 heavy (non-hydrogen) atoms. The Bertz CT molecular complexity index is 1410. The van der Waals surface area contributed by atoms with Crippen LogP contribution in [0.2, 0.25) is 0 Å². The number of nitrogens with zero attached hydrogens (tertiary/aromatic N) is 4. The largest absolute Gasteiger partial charge is 0.490 e. The number of aromatic nitrogens is 4. The van der Waals surface area contributed by atoms with Gasteiger partial charge in [0.15, 0.2) is 0 Å². The van der Waals surface area contributed by atoms with Gasteiger partial charge in [0.1, 0.15) is 35.3 Å². The maximum Gasteiger partial charge on any atom is 0.268 e. The molecule has 2 fully saturated rings. The minimum absolute atomic E-state index is 0.0792. The molecule has 4 aromatic rings. The number of pyridine rings is 1. The first-order valence-electron chi connectivity index (χ1n) is 12.6. The third-order valence-electron chi connectivity index (χ3n) is 6.93. The van der Waals surface area contributed by atoms with Gasteiger partial charge in [-0.15, -0.1) is 0 Å². The molecule has 0 unspecified atom stereocenters. The van der Waals surface area contributed by atoms with E-state index in [2.05, 4.69) is 36.2 Å². The fourth-order valence-corrected chi connectivity index (χ4v) is 5.03. The van der Waals surface area contributed by atoms with Crippen molar-refractivity contribution >= 4 is 22.8 Å². The van der Waals surface area contributed by atoms with Gasteiger partial charge in [-0.1, -0.05) is 24.3 Å². The number of primary amides is 1. The third kappa shape index (κ3) is 4.73. The summed E-state index contributed by atoms with van der Waals surface area (Å²) in [6.07, 6.45) is 5.06. The van der Waals surface area contributed by atoms with E-state index in [4.69, 9.17) is 15.2 Å². The molecular formula is C27H29N7O3. The Morgan fingerprint density at radius 2 is 1.78 bits per heavy atom. The molecule has 4 N–H and O–H groups in total. The maximum absolute atomic E-state index is 12.3. The molecule has 2 aliphatic rings. The number of carbonyl (C=O) groups excluding carboxylic acids is 1. The molecule has 0 atom stereocenters. The SMILES string of the molecule is NC(=O)c1nccc(OC2CCNCC2)c1-c1ccc(-c2cc3c(N4CCOCC4)ncnc3[nH]2)cc1. The Hall–Kier alpha value is -4.02. The number of H-pyrrole nitrogens is 1. The first kappa shape index (κ1) is 23.4. The van der Waals surface area contributed by atoms with E-state index < -0.39 is 5.91 Å². The number of hydrogen-bond acceptors (Lipinski definition) is 8. The number of amides is 1. The van der Waals surface area contributed by atoms with Crippen LogP contribution in [0.15, 0.2) is 48.9 Å². The molecule has 3 aromatic heterocycles. The summed E-state index contributed by atoms with van der Waals surface area (Å²) in [5.41, 5.74) is 10.1. The van der Waals surface area contributed by atoms with Crippen LogP contribution in [0.25, 0.3) is 33.4 Å². The van der Waals surface area contributed by atoms with Gasteiger partial charge >= 0.3 is 0 Å². The fourth-order valence-electron chi connectivity index (χ4n) is 5.03. The van der Waals surface area contributed by atoms with E-state index in [1.54, 1.807) is 18.6 Å². The zero-order chi connectivity index (χ0) is 25.2. The lowest BCUT2D eigenvalue weighted by molar-refractivity contribution is 0.0995. The molecule has 190 valence electrons. The van der Waals surface area contributed by atoms with Crippen LogP contribution in [0.5, 0.6) is 5.75 Å². The van der Waals surface area contributed by atoms with Crippen molar-refractivity contribution in [3.05, 3.63) is 54.6 Å². The molecule has 2 saturated heterocycles. The van der Waals surface area contributed by atoms with Gasteiger partial charge in [-0.25, -0.2) is 9.97 Å². The number of carbonyl (C=O) groups is 1. The van der Waals surface area contributed by atoms with E-state index in [1.807, 2.05) is 24.3 Å². The lowest BCUT2D eigenvalue weighted by Crippen LogP contribution is -2.36. The van der Waals surface area contributed by atoms with Crippen LogP contribution < -0.4 is 20.7 Å². The van der Waals surface area contributed by atoms with Crippen molar-refractivity contribution < 1.29 is 14.3 Å². The summed E-state index contributed by atoms with van der Waals surface area (Å²) in [7, 11) is 0. The zero-order valence-electron chi connectivity index (χ0n) is 20.4. The quantitative estimate of drug-likeness (QED) is 0.369. The van der Waals surface area contributed by atoms with E-state index in [0.29, 0.717) is 24.5 Å². The Balaban J connectivity index is 1.33. The average molecular weight is 500 g/mol. The summed E-state index contributed by atoms with van der Waals surface area (Å²) in [6.45, 7) is 4.80. The molecule has 6 rings (SSSR count). The number of ether oxygens (including phenoxy) is 2. The first-order valence-corrected chi connectivity index (χ1v) is 12.6. The molecule has 0 saturated carbocycles. The number of benzene rings is 1. The maximum atomic E-state index is 12.3. The summed E-state index contributed by atoms with van der Waals surface area (Å²) in [5, 5.41) is 4.32. The predicted octanol–water partition coefficient (Wildman–Crippen LogP) is 2.75. The van der Waals surface area contributed by atoms with Gasteiger partial charge in [-0.2, -0.15) is 0 Å². The molecule has 10 heteroatoms. The number of piperidine rings is 1. The Morgan fingerprint density at radius 1 is 1.03 bits per heavy atom. The van der Waals surface area contributed by atoms with Gasteiger partial charge in [-0.05, 0) is 49.2 Å². The first-order chi connectivity index (χ1) is 18.2. The highest BCUT2D eigenvalue weighted by Crippen LogP contribution is 2.36. The summed E-state index contributed by atoms with van der Waals surface area (Å²) >= 11 is 0. The number of aromatic amines is 1. The Morgan fingerprint density at radius 3 is 2.54 bits per heavy atom. The van der Waals surface area contributed by atoms with Crippen molar-refractivity contribution in [3.63, 3.8) is 0 Å². The molecule has 5 heterocycles. The van der Waals surface area contributed by atoms with Crippen LogP contribution >= 0.6 is 0 Å². The topological polar surface area (TPSA) is 131 Å². The summed E-state index contributed by atoms with van der Waals surface area (Å²) < 4.78 is 11.8. The van der Waals surface area contributed by atoms with Crippen molar-refractivity contribution in [1.82, 2.24) is 25.3 Å². The van der Waals surface area contributed by atoms with Crippen molar-refractivity contribution in [3.8, 4) is 28.1 Å². The van der Waals surface area contributed by atoms with E-state index in [9.17, 15) is 4.79 Å². The highest BCUT2D eigenvalue weighted by Gasteiger charge is 2.22. The van der Waals surface area contributed by atoms with E-state index in [1.165, 1.54) is 0 Å². The molecule has 0 spiro atoms. The normalized spacial score (nSPS) is 16.7. The van der Waals surface area contributed by atoms with Crippen LogP contribution in [-0.4, -0.2) is 71.3 Å².